The first-order valence-corrected chi connectivity index (χ1v) is 7.04. The number of hydrogen-bond acceptors (Lipinski definition) is 4. The van der Waals surface area contributed by atoms with Crippen LogP contribution in [0.1, 0.15) is 0 Å². The van der Waals surface area contributed by atoms with Gasteiger partial charge in [0, 0.05) is 28.7 Å². The van der Waals surface area contributed by atoms with E-state index in [4.69, 9.17) is 16.3 Å². The molecule has 0 amide bonds. The van der Waals surface area contributed by atoms with Crippen LogP contribution in [0.2, 0.25) is 0 Å². The molecular formula is C12H13ClN2OS. The van der Waals surface area contributed by atoms with Gasteiger partial charge in [0.1, 0.15) is 5.82 Å². The second-order valence-corrected chi connectivity index (χ2v) is 5.30. The molecule has 1 saturated heterocycles. The number of aromatic nitrogens is 1. The smallest absolute Gasteiger partial charge is 0.137 e. The number of anilines is 1. The van der Waals surface area contributed by atoms with Crippen molar-refractivity contribution < 1.29 is 4.74 Å². The van der Waals surface area contributed by atoms with E-state index in [1.165, 1.54) is 10.1 Å². The zero-order chi connectivity index (χ0) is 11.7. The van der Waals surface area contributed by atoms with E-state index in [0.717, 1.165) is 19.0 Å². The maximum atomic E-state index is 6.00. The maximum absolute atomic E-state index is 6.00. The van der Waals surface area contributed by atoms with Crippen LogP contribution in [0.5, 0.6) is 0 Å². The lowest BCUT2D eigenvalue weighted by molar-refractivity contribution is 0.0995. The van der Waals surface area contributed by atoms with Crippen LogP contribution in [0.4, 0.5) is 5.82 Å². The Labute approximate surface area is 109 Å². The van der Waals surface area contributed by atoms with Crippen molar-refractivity contribution >= 4 is 38.8 Å². The molecule has 1 aliphatic heterocycles. The highest BCUT2D eigenvalue weighted by atomic mass is 35.5. The van der Waals surface area contributed by atoms with Crippen molar-refractivity contribution in [1.29, 1.82) is 0 Å². The number of thiophene rings is 1. The van der Waals surface area contributed by atoms with E-state index in [2.05, 4.69) is 27.4 Å². The molecule has 0 radical (unpaired) electrons. The van der Waals surface area contributed by atoms with Gasteiger partial charge in [-0.3, -0.25) is 0 Å². The summed E-state index contributed by atoms with van der Waals surface area (Å²) in [5.41, 5.74) is 0. The van der Waals surface area contributed by atoms with E-state index in [1.54, 1.807) is 11.3 Å². The number of ether oxygens (including phenoxy) is 1. The number of hydrogen-bond donors (Lipinski definition) is 0. The Kier molecular flexibility index (Phi) is 3.18. The Morgan fingerprint density at radius 1 is 1.53 bits per heavy atom. The van der Waals surface area contributed by atoms with E-state index in [9.17, 15) is 0 Å². The van der Waals surface area contributed by atoms with Crippen LogP contribution in [-0.4, -0.2) is 36.7 Å². The van der Waals surface area contributed by atoms with E-state index >= 15 is 0 Å². The summed E-state index contributed by atoms with van der Waals surface area (Å²) in [7, 11) is 0. The topological polar surface area (TPSA) is 25.4 Å². The normalized spacial score (nSPS) is 21.0. The first-order valence-electron chi connectivity index (χ1n) is 5.62. The number of fused-ring (bicyclic) bond motifs is 1. The van der Waals surface area contributed by atoms with E-state index in [1.807, 2.05) is 6.20 Å². The Balaban J connectivity index is 2.04. The van der Waals surface area contributed by atoms with E-state index in [0.29, 0.717) is 12.5 Å². The fourth-order valence-electron chi connectivity index (χ4n) is 2.17. The number of pyridine rings is 1. The summed E-state index contributed by atoms with van der Waals surface area (Å²) < 4.78 is 6.74. The first-order chi connectivity index (χ1) is 8.40. The lowest BCUT2D eigenvalue weighted by Gasteiger charge is -2.35. The summed E-state index contributed by atoms with van der Waals surface area (Å²) in [6.45, 7) is 2.29. The minimum atomic E-state index is 0.225. The molecule has 1 atom stereocenters. The van der Waals surface area contributed by atoms with Crippen molar-refractivity contribution in [3.05, 3.63) is 23.7 Å². The average Bonchev–Trinajstić information content (AvgIpc) is 2.86. The van der Waals surface area contributed by atoms with Gasteiger partial charge in [0.15, 0.2) is 0 Å². The van der Waals surface area contributed by atoms with Gasteiger partial charge < -0.3 is 9.64 Å². The van der Waals surface area contributed by atoms with Crippen LogP contribution >= 0.6 is 22.9 Å². The zero-order valence-corrected chi connectivity index (χ0v) is 10.9. The monoisotopic (exact) mass is 268 g/mol. The molecule has 1 aliphatic rings. The van der Waals surface area contributed by atoms with Crippen LogP contribution in [0.15, 0.2) is 23.7 Å². The largest absolute Gasteiger partial charge is 0.377 e. The molecule has 0 aliphatic carbocycles. The third kappa shape index (κ3) is 2.01. The molecule has 3 heterocycles. The molecule has 0 aromatic carbocycles. The summed E-state index contributed by atoms with van der Waals surface area (Å²) in [5, 5.41) is 3.32. The minimum absolute atomic E-state index is 0.225. The highest BCUT2D eigenvalue weighted by Gasteiger charge is 2.24. The Morgan fingerprint density at radius 3 is 3.35 bits per heavy atom. The molecule has 2 aromatic rings. The van der Waals surface area contributed by atoms with Crippen LogP contribution in [-0.2, 0) is 4.74 Å². The molecule has 0 saturated carbocycles. The molecule has 90 valence electrons. The lowest BCUT2D eigenvalue weighted by Crippen LogP contribution is -2.47. The van der Waals surface area contributed by atoms with Gasteiger partial charge >= 0.3 is 0 Å². The van der Waals surface area contributed by atoms with Crippen molar-refractivity contribution in [3.63, 3.8) is 0 Å². The van der Waals surface area contributed by atoms with Gasteiger partial charge in [-0.1, -0.05) is 0 Å². The predicted molar refractivity (Wildman–Crippen MR) is 72.3 cm³/mol. The quantitative estimate of drug-likeness (QED) is 0.783. The van der Waals surface area contributed by atoms with Crippen molar-refractivity contribution in [1.82, 2.24) is 4.98 Å². The third-order valence-electron chi connectivity index (χ3n) is 3.04. The highest BCUT2D eigenvalue weighted by molar-refractivity contribution is 7.17. The average molecular weight is 269 g/mol. The highest BCUT2D eigenvalue weighted by Crippen LogP contribution is 2.30. The van der Waals surface area contributed by atoms with Crippen molar-refractivity contribution in [2.24, 2.45) is 0 Å². The molecule has 0 N–H and O–H groups in total. The summed E-state index contributed by atoms with van der Waals surface area (Å²) in [4.78, 5) is 6.79. The molecule has 1 fully saturated rings. The third-order valence-corrected chi connectivity index (χ3v) is 4.27. The van der Waals surface area contributed by atoms with Crippen LogP contribution in [0, 0.1) is 0 Å². The first kappa shape index (κ1) is 11.3. The SMILES string of the molecule is ClCC1COCCN1c1nccc2sccc12. The van der Waals surface area contributed by atoms with E-state index < -0.39 is 0 Å². The maximum Gasteiger partial charge on any atom is 0.137 e. The minimum Gasteiger partial charge on any atom is -0.377 e. The molecule has 0 spiro atoms. The Hall–Kier alpha value is -0.840. The zero-order valence-electron chi connectivity index (χ0n) is 9.30. The van der Waals surface area contributed by atoms with Gasteiger partial charge in [0.05, 0.1) is 19.3 Å². The lowest BCUT2D eigenvalue weighted by atomic mass is 10.2. The summed E-state index contributed by atoms with van der Waals surface area (Å²) in [5.74, 6) is 1.61. The van der Waals surface area contributed by atoms with E-state index in [-0.39, 0.29) is 6.04 Å². The fraction of sp³-hybridized carbons (Fsp3) is 0.417. The van der Waals surface area contributed by atoms with Crippen molar-refractivity contribution in [3.8, 4) is 0 Å². The molecule has 3 rings (SSSR count). The van der Waals surface area contributed by atoms with Gasteiger partial charge in [0.2, 0.25) is 0 Å². The number of alkyl halides is 1. The number of rotatable bonds is 2. The Morgan fingerprint density at radius 2 is 2.47 bits per heavy atom. The second-order valence-electron chi connectivity index (χ2n) is 4.04. The van der Waals surface area contributed by atoms with Crippen molar-refractivity contribution in [2.75, 3.05) is 30.5 Å². The summed E-state index contributed by atoms with van der Waals surface area (Å²) in [6, 6.07) is 4.41. The molecule has 2 aromatic heterocycles. The number of morpholine rings is 1. The molecule has 3 nitrogen and oxygen atoms in total. The van der Waals surface area contributed by atoms with Gasteiger partial charge in [-0.25, -0.2) is 4.98 Å². The molecule has 0 bridgehead atoms. The summed E-state index contributed by atoms with van der Waals surface area (Å²) in [6.07, 6.45) is 1.87. The predicted octanol–water partition coefficient (Wildman–Crippen LogP) is 2.74. The van der Waals surface area contributed by atoms with Crippen LogP contribution in [0.25, 0.3) is 10.1 Å². The fourth-order valence-corrected chi connectivity index (χ4v) is 3.20. The molecule has 5 heteroatoms. The molecule has 17 heavy (non-hydrogen) atoms. The number of nitrogens with zero attached hydrogens (tertiary/aromatic N) is 2. The van der Waals surface area contributed by atoms with Gasteiger partial charge in [-0.15, -0.1) is 22.9 Å². The second kappa shape index (κ2) is 4.80. The number of halogens is 1. The van der Waals surface area contributed by atoms with Crippen LogP contribution < -0.4 is 4.90 Å². The standard InChI is InChI=1S/C12H13ClN2OS/c13-7-9-8-16-5-4-15(9)12-10-2-6-17-11(10)1-3-14-12/h1-3,6,9H,4-5,7-8H2. The molecule has 1 unspecified atom stereocenters. The van der Waals surface area contributed by atoms with Gasteiger partial charge in [-0.05, 0) is 17.5 Å². The molecular weight excluding hydrogens is 256 g/mol. The van der Waals surface area contributed by atoms with Crippen molar-refractivity contribution in [2.45, 2.75) is 6.04 Å². The van der Waals surface area contributed by atoms with Crippen LogP contribution in [0.3, 0.4) is 0 Å². The van der Waals surface area contributed by atoms with Gasteiger partial charge in [0.25, 0.3) is 0 Å². The summed E-state index contributed by atoms with van der Waals surface area (Å²) >= 11 is 7.75. The van der Waals surface area contributed by atoms with Gasteiger partial charge in [-0.2, -0.15) is 0 Å². The Bertz CT molecular complexity index is 516.